The Hall–Kier alpha value is -0.900. The van der Waals surface area contributed by atoms with Crippen molar-refractivity contribution in [2.24, 2.45) is 0 Å². The van der Waals surface area contributed by atoms with E-state index < -0.39 is 0 Å². The number of hydrogen-bond donors (Lipinski definition) is 1. The topological polar surface area (TPSA) is 24.5 Å². The third kappa shape index (κ3) is 4.60. The fraction of sp³-hybridized carbons (Fsp3) is 0.625. The summed E-state index contributed by atoms with van der Waals surface area (Å²) in [6.07, 6.45) is 0. The average molecular weight is 262 g/mol. The van der Waals surface area contributed by atoms with Crippen LogP contribution in [0.15, 0.2) is 30.3 Å². The van der Waals surface area contributed by atoms with E-state index in [1.165, 1.54) is 5.56 Å². The van der Waals surface area contributed by atoms with Crippen molar-refractivity contribution in [3.63, 3.8) is 0 Å². The number of nitrogens with one attached hydrogen (secondary N) is 1. The van der Waals surface area contributed by atoms with Gasteiger partial charge in [-0.05, 0) is 18.4 Å². The molecule has 0 saturated carbocycles. The smallest absolute Gasteiger partial charge is 0.0594 e. The number of ether oxygens (including phenoxy) is 1. The lowest BCUT2D eigenvalue weighted by Gasteiger charge is -2.32. The molecular formula is C16H26N2O. The van der Waals surface area contributed by atoms with Gasteiger partial charge in [-0.2, -0.15) is 0 Å². The maximum Gasteiger partial charge on any atom is 0.0594 e. The third-order valence-electron chi connectivity index (χ3n) is 3.93. The Bertz CT molecular complexity index is 349. The quantitative estimate of drug-likeness (QED) is 0.849. The Kier molecular flexibility index (Phi) is 5.83. The minimum atomic E-state index is 0.568. The largest absolute Gasteiger partial charge is 0.379 e. The zero-order valence-corrected chi connectivity index (χ0v) is 12.1. The van der Waals surface area contributed by atoms with Crippen LogP contribution in [-0.4, -0.2) is 50.3 Å². The Morgan fingerprint density at radius 1 is 1.11 bits per heavy atom. The van der Waals surface area contributed by atoms with Crippen LogP contribution in [0.2, 0.25) is 0 Å². The maximum absolute atomic E-state index is 5.39. The lowest BCUT2D eigenvalue weighted by atomic mass is 10.0. The molecule has 1 N–H and O–H groups in total. The van der Waals surface area contributed by atoms with Gasteiger partial charge < -0.3 is 10.1 Å². The van der Waals surface area contributed by atoms with Gasteiger partial charge in [-0.1, -0.05) is 37.3 Å². The van der Waals surface area contributed by atoms with E-state index in [9.17, 15) is 0 Å². The van der Waals surface area contributed by atoms with E-state index in [1.54, 1.807) is 0 Å². The fourth-order valence-corrected chi connectivity index (χ4v) is 2.56. The lowest BCUT2D eigenvalue weighted by molar-refractivity contribution is 0.0204. The summed E-state index contributed by atoms with van der Waals surface area (Å²) >= 11 is 0. The number of morpholine rings is 1. The molecular weight excluding hydrogens is 236 g/mol. The summed E-state index contributed by atoms with van der Waals surface area (Å²) in [6, 6.07) is 11.3. The zero-order valence-electron chi connectivity index (χ0n) is 12.1. The normalized spacial score (nSPS) is 20.1. The van der Waals surface area contributed by atoms with Crippen molar-refractivity contribution >= 4 is 0 Å². The molecule has 106 valence electrons. The van der Waals surface area contributed by atoms with E-state index >= 15 is 0 Å². The summed E-state index contributed by atoms with van der Waals surface area (Å²) in [6.45, 7) is 10.6. The molecule has 0 aromatic heterocycles. The molecule has 1 heterocycles. The van der Waals surface area contributed by atoms with Crippen LogP contribution in [0.1, 0.15) is 25.3 Å². The first-order valence-corrected chi connectivity index (χ1v) is 7.35. The molecule has 0 radical (unpaired) electrons. The molecule has 2 unspecified atom stereocenters. The predicted molar refractivity (Wildman–Crippen MR) is 79.6 cm³/mol. The van der Waals surface area contributed by atoms with E-state index in [1.807, 2.05) is 0 Å². The molecule has 0 spiro atoms. The molecule has 1 aromatic carbocycles. The summed E-state index contributed by atoms with van der Waals surface area (Å²) < 4.78 is 5.39. The summed E-state index contributed by atoms with van der Waals surface area (Å²) in [4.78, 5) is 2.50. The van der Waals surface area contributed by atoms with Gasteiger partial charge in [-0.15, -0.1) is 0 Å². The van der Waals surface area contributed by atoms with Crippen LogP contribution < -0.4 is 5.32 Å². The van der Waals surface area contributed by atoms with Gasteiger partial charge in [0.2, 0.25) is 0 Å². The van der Waals surface area contributed by atoms with Crippen molar-refractivity contribution in [2.75, 3.05) is 39.4 Å². The van der Waals surface area contributed by atoms with Gasteiger partial charge in [0.25, 0.3) is 0 Å². The van der Waals surface area contributed by atoms with Crippen molar-refractivity contribution in [3.8, 4) is 0 Å². The first kappa shape index (κ1) is 14.5. The number of benzene rings is 1. The molecule has 0 amide bonds. The summed E-state index contributed by atoms with van der Waals surface area (Å²) in [7, 11) is 0. The fourth-order valence-electron chi connectivity index (χ4n) is 2.56. The highest BCUT2D eigenvalue weighted by Gasteiger charge is 2.16. The molecule has 0 bridgehead atoms. The van der Waals surface area contributed by atoms with Crippen LogP contribution in [-0.2, 0) is 4.74 Å². The summed E-state index contributed by atoms with van der Waals surface area (Å²) in [5, 5.41) is 3.60. The molecule has 1 aliphatic heterocycles. The van der Waals surface area contributed by atoms with Gasteiger partial charge in [0, 0.05) is 32.2 Å². The van der Waals surface area contributed by atoms with Crippen LogP contribution in [0.3, 0.4) is 0 Å². The van der Waals surface area contributed by atoms with Crippen LogP contribution in [0.25, 0.3) is 0 Å². The Morgan fingerprint density at radius 3 is 2.47 bits per heavy atom. The molecule has 3 heteroatoms. The standard InChI is InChI=1S/C16H26N2O/c1-14(16-6-4-3-5-7-16)12-17-13-15(2)18-8-10-19-11-9-18/h3-7,14-15,17H,8-13H2,1-2H3. The molecule has 2 rings (SSSR count). The van der Waals surface area contributed by atoms with Gasteiger partial charge in [-0.3, -0.25) is 4.90 Å². The number of hydrogen-bond acceptors (Lipinski definition) is 3. The van der Waals surface area contributed by atoms with E-state index in [0.29, 0.717) is 12.0 Å². The van der Waals surface area contributed by atoms with Gasteiger partial charge in [0.1, 0.15) is 0 Å². The summed E-state index contributed by atoms with van der Waals surface area (Å²) in [5.74, 6) is 0.568. The molecule has 19 heavy (non-hydrogen) atoms. The minimum Gasteiger partial charge on any atom is -0.379 e. The highest BCUT2D eigenvalue weighted by atomic mass is 16.5. The van der Waals surface area contributed by atoms with Crippen LogP contribution in [0, 0.1) is 0 Å². The third-order valence-corrected chi connectivity index (χ3v) is 3.93. The first-order valence-electron chi connectivity index (χ1n) is 7.35. The van der Waals surface area contributed by atoms with E-state index in [-0.39, 0.29) is 0 Å². The van der Waals surface area contributed by atoms with Crippen LogP contribution >= 0.6 is 0 Å². The molecule has 1 fully saturated rings. The van der Waals surface area contributed by atoms with Crippen molar-refractivity contribution in [3.05, 3.63) is 35.9 Å². The van der Waals surface area contributed by atoms with Crippen molar-refractivity contribution < 1.29 is 4.74 Å². The number of nitrogens with zero attached hydrogens (tertiary/aromatic N) is 1. The summed E-state index contributed by atoms with van der Waals surface area (Å²) in [5.41, 5.74) is 1.41. The SMILES string of the molecule is CC(CNCC(C)N1CCOCC1)c1ccccc1. The highest BCUT2D eigenvalue weighted by molar-refractivity contribution is 5.18. The molecule has 1 aromatic rings. The molecule has 3 nitrogen and oxygen atoms in total. The second-order valence-corrected chi connectivity index (χ2v) is 5.47. The molecule has 2 atom stereocenters. The maximum atomic E-state index is 5.39. The van der Waals surface area contributed by atoms with E-state index in [4.69, 9.17) is 4.74 Å². The van der Waals surface area contributed by atoms with Crippen molar-refractivity contribution in [1.29, 1.82) is 0 Å². The van der Waals surface area contributed by atoms with Crippen molar-refractivity contribution in [2.45, 2.75) is 25.8 Å². The van der Waals surface area contributed by atoms with E-state index in [2.05, 4.69) is 54.4 Å². The molecule has 1 aliphatic rings. The van der Waals surface area contributed by atoms with Crippen molar-refractivity contribution in [1.82, 2.24) is 10.2 Å². The average Bonchev–Trinajstić information content (AvgIpc) is 2.49. The van der Waals surface area contributed by atoms with Gasteiger partial charge in [0.15, 0.2) is 0 Å². The number of rotatable bonds is 6. The predicted octanol–water partition coefficient (Wildman–Crippen LogP) is 2.10. The zero-order chi connectivity index (χ0) is 13.5. The van der Waals surface area contributed by atoms with Crippen LogP contribution in [0.4, 0.5) is 0 Å². The Balaban J connectivity index is 1.68. The first-order chi connectivity index (χ1) is 9.27. The second kappa shape index (κ2) is 7.63. The van der Waals surface area contributed by atoms with E-state index in [0.717, 1.165) is 39.4 Å². The Labute approximate surface area is 116 Å². The van der Waals surface area contributed by atoms with Gasteiger partial charge in [-0.25, -0.2) is 0 Å². The molecule has 0 aliphatic carbocycles. The lowest BCUT2D eigenvalue weighted by Crippen LogP contribution is -2.46. The van der Waals surface area contributed by atoms with Crippen LogP contribution in [0.5, 0.6) is 0 Å². The van der Waals surface area contributed by atoms with Gasteiger partial charge in [0.05, 0.1) is 13.2 Å². The second-order valence-electron chi connectivity index (χ2n) is 5.47. The highest BCUT2D eigenvalue weighted by Crippen LogP contribution is 2.13. The monoisotopic (exact) mass is 262 g/mol. The Morgan fingerprint density at radius 2 is 1.79 bits per heavy atom. The molecule has 1 saturated heterocycles. The minimum absolute atomic E-state index is 0.568. The van der Waals surface area contributed by atoms with Gasteiger partial charge >= 0.3 is 0 Å².